The SMILES string of the molecule is CCOc1ccc(CC(=O)NC2CCN(C(=O)OCC(C)C)CC2)cc1. The summed E-state index contributed by atoms with van der Waals surface area (Å²) in [5.74, 6) is 1.15. The summed E-state index contributed by atoms with van der Waals surface area (Å²) >= 11 is 0. The van der Waals surface area contributed by atoms with Crippen molar-refractivity contribution in [3.63, 3.8) is 0 Å². The standard InChI is InChI=1S/C20H30N2O4/c1-4-25-18-7-5-16(6-8-18)13-19(23)21-17-9-11-22(12-10-17)20(24)26-14-15(2)3/h5-8,15,17H,4,9-14H2,1-3H3,(H,21,23). The number of benzene rings is 1. The highest BCUT2D eigenvalue weighted by Crippen LogP contribution is 2.14. The van der Waals surface area contributed by atoms with Crippen molar-refractivity contribution in [1.29, 1.82) is 0 Å². The average Bonchev–Trinajstić information content (AvgIpc) is 2.62. The summed E-state index contributed by atoms with van der Waals surface area (Å²) in [6, 6.07) is 7.70. The van der Waals surface area contributed by atoms with Gasteiger partial charge in [-0.25, -0.2) is 4.79 Å². The number of carbonyl (C=O) groups excluding carboxylic acids is 2. The van der Waals surface area contributed by atoms with Crippen molar-refractivity contribution in [2.75, 3.05) is 26.3 Å². The molecule has 0 unspecified atom stereocenters. The number of nitrogens with one attached hydrogen (secondary N) is 1. The van der Waals surface area contributed by atoms with E-state index < -0.39 is 0 Å². The molecule has 6 nitrogen and oxygen atoms in total. The summed E-state index contributed by atoms with van der Waals surface area (Å²) in [7, 11) is 0. The molecule has 0 spiro atoms. The molecule has 0 saturated carbocycles. The van der Waals surface area contributed by atoms with Gasteiger partial charge in [0.25, 0.3) is 0 Å². The lowest BCUT2D eigenvalue weighted by molar-refractivity contribution is -0.121. The summed E-state index contributed by atoms with van der Waals surface area (Å²) in [5, 5.41) is 3.07. The summed E-state index contributed by atoms with van der Waals surface area (Å²) in [5.41, 5.74) is 0.959. The molecule has 0 aromatic heterocycles. The molecule has 1 aromatic carbocycles. The van der Waals surface area contributed by atoms with Gasteiger partial charge >= 0.3 is 6.09 Å². The van der Waals surface area contributed by atoms with Crippen LogP contribution in [-0.2, 0) is 16.0 Å². The molecule has 0 atom stereocenters. The minimum atomic E-state index is -0.252. The highest BCUT2D eigenvalue weighted by atomic mass is 16.6. The molecule has 1 N–H and O–H groups in total. The van der Waals surface area contributed by atoms with Crippen LogP contribution in [0.25, 0.3) is 0 Å². The van der Waals surface area contributed by atoms with Crippen LogP contribution in [0.4, 0.5) is 4.79 Å². The van der Waals surface area contributed by atoms with E-state index in [0.29, 0.717) is 38.6 Å². The fourth-order valence-corrected chi connectivity index (χ4v) is 2.87. The Morgan fingerprint density at radius 1 is 1.19 bits per heavy atom. The van der Waals surface area contributed by atoms with Crippen molar-refractivity contribution in [2.45, 2.75) is 46.1 Å². The molecule has 26 heavy (non-hydrogen) atoms. The monoisotopic (exact) mass is 362 g/mol. The Morgan fingerprint density at radius 2 is 1.85 bits per heavy atom. The Hall–Kier alpha value is -2.24. The number of likely N-dealkylation sites (tertiary alicyclic amines) is 1. The van der Waals surface area contributed by atoms with Crippen molar-refractivity contribution in [3.8, 4) is 5.75 Å². The second kappa shape index (κ2) is 10.0. The average molecular weight is 362 g/mol. The van der Waals surface area contributed by atoms with Gasteiger partial charge in [-0.2, -0.15) is 0 Å². The second-order valence-electron chi connectivity index (χ2n) is 7.05. The first-order chi connectivity index (χ1) is 12.5. The third-order valence-electron chi connectivity index (χ3n) is 4.26. The molecule has 6 heteroatoms. The van der Waals surface area contributed by atoms with Crippen LogP contribution in [0.1, 0.15) is 39.2 Å². The van der Waals surface area contributed by atoms with Gasteiger partial charge in [0.1, 0.15) is 5.75 Å². The van der Waals surface area contributed by atoms with Gasteiger partial charge in [-0.05, 0) is 43.4 Å². The maximum absolute atomic E-state index is 12.2. The number of carbonyl (C=O) groups is 2. The maximum atomic E-state index is 12.2. The van der Waals surface area contributed by atoms with Gasteiger partial charge in [-0.1, -0.05) is 26.0 Å². The molecule has 1 heterocycles. The van der Waals surface area contributed by atoms with Crippen LogP contribution in [0.3, 0.4) is 0 Å². The van der Waals surface area contributed by atoms with E-state index in [9.17, 15) is 9.59 Å². The smallest absolute Gasteiger partial charge is 0.409 e. The fraction of sp³-hybridized carbons (Fsp3) is 0.600. The second-order valence-corrected chi connectivity index (χ2v) is 7.05. The van der Waals surface area contributed by atoms with Crippen molar-refractivity contribution in [1.82, 2.24) is 10.2 Å². The summed E-state index contributed by atoms with van der Waals surface area (Å²) in [6.07, 6.45) is 1.61. The third-order valence-corrected chi connectivity index (χ3v) is 4.26. The van der Waals surface area contributed by atoms with Gasteiger partial charge in [0.05, 0.1) is 19.6 Å². The van der Waals surface area contributed by atoms with Crippen LogP contribution in [0.15, 0.2) is 24.3 Å². The van der Waals surface area contributed by atoms with Crippen LogP contribution in [0.2, 0.25) is 0 Å². The van der Waals surface area contributed by atoms with Crippen LogP contribution in [0, 0.1) is 5.92 Å². The van der Waals surface area contributed by atoms with Gasteiger partial charge in [0.2, 0.25) is 5.91 Å². The quantitative estimate of drug-likeness (QED) is 0.810. The van der Waals surface area contributed by atoms with E-state index in [2.05, 4.69) is 5.32 Å². The Balaban J connectivity index is 1.71. The van der Waals surface area contributed by atoms with Crippen molar-refractivity contribution in [2.24, 2.45) is 5.92 Å². The van der Waals surface area contributed by atoms with Gasteiger partial charge in [-0.15, -0.1) is 0 Å². The molecule has 2 rings (SSSR count). The number of hydrogen-bond donors (Lipinski definition) is 1. The Kier molecular flexibility index (Phi) is 7.75. The third kappa shape index (κ3) is 6.58. The first kappa shape index (κ1) is 20.1. The number of hydrogen-bond acceptors (Lipinski definition) is 4. The molecule has 0 aliphatic carbocycles. The van der Waals surface area contributed by atoms with Crippen LogP contribution in [-0.4, -0.2) is 49.2 Å². The molecule has 2 amide bonds. The zero-order valence-electron chi connectivity index (χ0n) is 16.0. The van der Waals surface area contributed by atoms with Gasteiger partial charge in [0.15, 0.2) is 0 Å². The maximum Gasteiger partial charge on any atom is 0.409 e. The molecule has 1 aromatic rings. The first-order valence-corrected chi connectivity index (χ1v) is 9.40. The summed E-state index contributed by atoms with van der Waals surface area (Å²) < 4.78 is 10.7. The van der Waals surface area contributed by atoms with Gasteiger partial charge in [-0.3, -0.25) is 4.79 Å². The van der Waals surface area contributed by atoms with E-state index >= 15 is 0 Å². The van der Waals surface area contributed by atoms with E-state index in [1.807, 2.05) is 45.0 Å². The van der Waals surface area contributed by atoms with Crippen molar-refractivity contribution in [3.05, 3.63) is 29.8 Å². The van der Waals surface area contributed by atoms with Crippen molar-refractivity contribution < 1.29 is 19.1 Å². The fourth-order valence-electron chi connectivity index (χ4n) is 2.87. The molecule has 0 bridgehead atoms. The minimum Gasteiger partial charge on any atom is -0.494 e. The molecular weight excluding hydrogens is 332 g/mol. The highest BCUT2D eigenvalue weighted by molar-refractivity contribution is 5.79. The van der Waals surface area contributed by atoms with E-state index in [1.54, 1.807) is 4.90 Å². The van der Waals surface area contributed by atoms with Crippen molar-refractivity contribution >= 4 is 12.0 Å². The highest BCUT2D eigenvalue weighted by Gasteiger charge is 2.24. The van der Waals surface area contributed by atoms with Gasteiger partial charge < -0.3 is 19.7 Å². The predicted molar refractivity (Wildman–Crippen MR) is 100 cm³/mol. The largest absolute Gasteiger partial charge is 0.494 e. The zero-order valence-corrected chi connectivity index (χ0v) is 16.0. The normalized spacial score (nSPS) is 15.0. The number of nitrogens with zero attached hydrogens (tertiary/aromatic N) is 1. The van der Waals surface area contributed by atoms with Crippen LogP contribution in [0.5, 0.6) is 5.75 Å². The molecule has 1 fully saturated rings. The number of rotatable bonds is 7. The Morgan fingerprint density at radius 3 is 2.42 bits per heavy atom. The zero-order chi connectivity index (χ0) is 18.9. The topological polar surface area (TPSA) is 67.9 Å². The van der Waals surface area contributed by atoms with E-state index in [-0.39, 0.29) is 18.0 Å². The molecule has 0 radical (unpaired) electrons. The number of piperidine rings is 1. The molecule has 144 valence electrons. The lowest BCUT2D eigenvalue weighted by Crippen LogP contribution is -2.47. The minimum absolute atomic E-state index is 0.00925. The van der Waals surface area contributed by atoms with Crippen LogP contribution >= 0.6 is 0 Å². The lowest BCUT2D eigenvalue weighted by Gasteiger charge is -2.31. The molecular formula is C20H30N2O4. The summed E-state index contributed by atoms with van der Waals surface area (Å²) in [4.78, 5) is 25.9. The number of amides is 2. The van der Waals surface area contributed by atoms with E-state index in [1.165, 1.54) is 0 Å². The Bertz CT molecular complexity index is 578. The lowest BCUT2D eigenvalue weighted by atomic mass is 10.0. The first-order valence-electron chi connectivity index (χ1n) is 9.40. The molecule has 1 aliphatic rings. The van der Waals surface area contributed by atoms with Crippen LogP contribution < -0.4 is 10.1 Å². The van der Waals surface area contributed by atoms with Gasteiger partial charge in [0, 0.05) is 19.1 Å². The Labute approximate surface area is 155 Å². The predicted octanol–water partition coefficient (Wildman–Crippen LogP) is 3.00. The van der Waals surface area contributed by atoms with E-state index in [4.69, 9.17) is 9.47 Å². The number of ether oxygens (including phenoxy) is 2. The molecule has 1 aliphatic heterocycles. The van der Waals surface area contributed by atoms with E-state index in [0.717, 1.165) is 24.2 Å². The summed E-state index contributed by atoms with van der Waals surface area (Å²) in [6.45, 7) is 8.27. The molecule has 1 saturated heterocycles.